The molecule has 1 aromatic carbocycles. The van der Waals surface area contributed by atoms with E-state index in [1.165, 1.54) is 0 Å². The molecule has 2 aliphatic heterocycles. The highest BCUT2D eigenvalue weighted by Gasteiger charge is 2.33. The molecule has 2 heterocycles. The number of carbonyl (C=O) groups is 2. The van der Waals surface area contributed by atoms with E-state index in [2.05, 4.69) is 16.3 Å². The van der Waals surface area contributed by atoms with E-state index in [0.717, 1.165) is 5.69 Å². The van der Waals surface area contributed by atoms with E-state index in [9.17, 15) is 14.9 Å². The molecule has 138 valence electrons. The Hall–Kier alpha value is -2.75. The van der Waals surface area contributed by atoms with Crippen LogP contribution in [-0.4, -0.2) is 66.5 Å². The van der Waals surface area contributed by atoms with Gasteiger partial charge in [-0.2, -0.15) is 5.26 Å². The van der Waals surface area contributed by atoms with Gasteiger partial charge in [0.1, 0.15) is 6.07 Å². The molecule has 1 aromatic rings. The highest BCUT2D eigenvalue weighted by molar-refractivity contribution is 5.82. The number of piperazine rings is 1. The van der Waals surface area contributed by atoms with Crippen LogP contribution in [0.25, 0.3) is 0 Å². The number of hydrogen-bond acceptors (Lipinski definition) is 4. The summed E-state index contributed by atoms with van der Waals surface area (Å²) >= 11 is 0. The summed E-state index contributed by atoms with van der Waals surface area (Å²) in [7, 11) is 0. The largest absolute Gasteiger partial charge is 0.367 e. The van der Waals surface area contributed by atoms with Crippen LogP contribution in [0.4, 0.5) is 10.5 Å². The van der Waals surface area contributed by atoms with Gasteiger partial charge in [-0.1, -0.05) is 12.1 Å². The lowest BCUT2D eigenvalue weighted by molar-refractivity contribution is -0.129. The minimum absolute atomic E-state index is 0.100. The second kappa shape index (κ2) is 7.65. The average molecular weight is 355 g/mol. The number of benzene rings is 1. The normalized spacial score (nSPS) is 20.5. The first-order chi connectivity index (χ1) is 12.5. The number of amides is 3. The number of likely N-dealkylation sites (tertiary alicyclic amines) is 1. The summed E-state index contributed by atoms with van der Waals surface area (Å²) in [6.45, 7) is 7.13. The zero-order valence-corrected chi connectivity index (χ0v) is 15.3. The molecule has 2 fully saturated rings. The topological polar surface area (TPSA) is 79.7 Å². The van der Waals surface area contributed by atoms with Gasteiger partial charge in [0.15, 0.2) is 0 Å². The second-order valence-electron chi connectivity index (χ2n) is 7.09. The SMILES string of the molecule is CC(C)N1CC(NC(=O)N2CCN(c3ccccc3C#N)CC2)CC1=O. The van der Waals surface area contributed by atoms with Crippen LogP contribution < -0.4 is 10.2 Å². The molecule has 26 heavy (non-hydrogen) atoms. The number of hydrogen-bond donors (Lipinski definition) is 1. The van der Waals surface area contributed by atoms with Crippen LogP contribution in [0.1, 0.15) is 25.8 Å². The van der Waals surface area contributed by atoms with Gasteiger partial charge in [0, 0.05) is 45.2 Å². The highest BCUT2D eigenvalue weighted by atomic mass is 16.2. The van der Waals surface area contributed by atoms with E-state index >= 15 is 0 Å². The Morgan fingerprint density at radius 2 is 1.92 bits per heavy atom. The Labute approximate surface area is 154 Å². The predicted molar refractivity (Wildman–Crippen MR) is 98.7 cm³/mol. The van der Waals surface area contributed by atoms with Crippen LogP contribution in [0.5, 0.6) is 0 Å². The summed E-state index contributed by atoms with van der Waals surface area (Å²) in [5.74, 6) is 0.100. The van der Waals surface area contributed by atoms with Gasteiger partial charge in [-0.25, -0.2) is 4.79 Å². The first-order valence-electron chi connectivity index (χ1n) is 9.08. The number of carbonyl (C=O) groups excluding carboxylic acids is 2. The van der Waals surface area contributed by atoms with Crippen molar-refractivity contribution in [2.75, 3.05) is 37.6 Å². The maximum Gasteiger partial charge on any atom is 0.317 e. The van der Waals surface area contributed by atoms with Crippen molar-refractivity contribution in [2.24, 2.45) is 0 Å². The number of para-hydroxylation sites is 1. The fraction of sp³-hybridized carbons (Fsp3) is 0.526. The maximum absolute atomic E-state index is 12.5. The lowest BCUT2D eigenvalue weighted by Gasteiger charge is -2.36. The molecule has 1 N–H and O–H groups in total. The third-order valence-electron chi connectivity index (χ3n) is 5.04. The Morgan fingerprint density at radius 3 is 2.54 bits per heavy atom. The fourth-order valence-corrected chi connectivity index (χ4v) is 3.59. The first-order valence-corrected chi connectivity index (χ1v) is 9.08. The molecular formula is C19H25N5O2. The van der Waals surface area contributed by atoms with Crippen molar-refractivity contribution in [3.63, 3.8) is 0 Å². The molecule has 0 aliphatic carbocycles. The van der Waals surface area contributed by atoms with E-state index < -0.39 is 0 Å². The van der Waals surface area contributed by atoms with Crippen molar-refractivity contribution >= 4 is 17.6 Å². The first kappa shape index (κ1) is 18.1. The van der Waals surface area contributed by atoms with Crippen molar-refractivity contribution in [1.29, 1.82) is 5.26 Å². The molecule has 3 rings (SSSR count). The molecule has 2 saturated heterocycles. The van der Waals surface area contributed by atoms with Crippen LogP contribution in [-0.2, 0) is 4.79 Å². The molecule has 0 saturated carbocycles. The molecule has 0 radical (unpaired) electrons. The Kier molecular flexibility index (Phi) is 5.31. The fourth-order valence-electron chi connectivity index (χ4n) is 3.59. The van der Waals surface area contributed by atoms with Gasteiger partial charge < -0.3 is 20.0 Å². The molecule has 2 aliphatic rings. The molecule has 7 nitrogen and oxygen atoms in total. The molecule has 0 bridgehead atoms. The Balaban J connectivity index is 1.53. The average Bonchev–Trinajstić information content (AvgIpc) is 3.02. The van der Waals surface area contributed by atoms with Gasteiger partial charge >= 0.3 is 6.03 Å². The molecule has 7 heteroatoms. The zero-order chi connectivity index (χ0) is 18.7. The van der Waals surface area contributed by atoms with Gasteiger partial charge in [0.25, 0.3) is 0 Å². The quantitative estimate of drug-likeness (QED) is 0.889. The van der Waals surface area contributed by atoms with E-state index in [0.29, 0.717) is 44.7 Å². The number of nitrogens with one attached hydrogen (secondary N) is 1. The number of rotatable bonds is 3. The number of urea groups is 1. The predicted octanol–water partition coefficient (Wildman–Crippen LogP) is 1.40. The van der Waals surface area contributed by atoms with Crippen molar-refractivity contribution in [2.45, 2.75) is 32.4 Å². The van der Waals surface area contributed by atoms with Gasteiger partial charge in [-0.15, -0.1) is 0 Å². The van der Waals surface area contributed by atoms with Gasteiger partial charge in [0.2, 0.25) is 5.91 Å². The van der Waals surface area contributed by atoms with Crippen molar-refractivity contribution < 1.29 is 9.59 Å². The van der Waals surface area contributed by atoms with Crippen molar-refractivity contribution in [3.8, 4) is 6.07 Å². The minimum Gasteiger partial charge on any atom is -0.367 e. The summed E-state index contributed by atoms with van der Waals surface area (Å²) in [6.07, 6.45) is 0.374. The lowest BCUT2D eigenvalue weighted by Crippen LogP contribution is -2.54. The van der Waals surface area contributed by atoms with Crippen LogP contribution >= 0.6 is 0 Å². The second-order valence-corrected chi connectivity index (χ2v) is 7.09. The third-order valence-corrected chi connectivity index (χ3v) is 5.04. The maximum atomic E-state index is 12.5. The van der Waals surface area contributed by atoms with E-state index in [4.69, 9.17) is 0 Å². The molecule has 0 aromatic heterocycles. The van der Waals surface area contributed by atoms with E-state index in [-0.39, 0.29) is 24.0 Å². The molecule has 1 unspecified atom stereocenters. The zero-order valence-electron chi connectivity index (χ0n) is 15.3. The van der Waals surface area contributed by atoms with Gasteiger partial charge in [0.05, 0.1) is 17.3 Å². The monoisotopic (exact) mass is 355 g/mol. The molecule has 0 spiro atoms. The van der Waals surface area contributed by atoms with Crippen LogP contribution in [0.15, 0.2) is 24.3 Å². The van der Waals surface area contributed by atoms with Crippen LogP contribution in [0, 0.1) is 11.3 Å². The number of nitriles is 1. The summed E-state index contributed by atoms with van der Waals surface area (Å²) in [6, 6.07) is 9.69. The Bertz CT molecular complexity index is 719. The summed E-state index contributed by atoms with van der Waals surface area (Å²) in [5, 5.41) is 12.2. The summed E-state index contributed by atoms with van der Waals surface area (Å²) in [5.41, 5.74) is 1.58. The molecular weight excluding hydrogens is 330 g/mol. The third kappa shape index (κ3) is 3.74. The molecule has 1 atom stereocenters. The summed E-state index contributed by atoms with van der Waals surface area (Å²) in [4.78, 5) is 30.2. The Morgan fingerprint density at radius 1 is 1.23 bits per heavy atom. The van der Waals surface area contributed by atoms with Gasteiger partial charge in [-0.05, 0) is 26.0 Å². The molecule has 3 amide bonds. The van der Waals surface area contributed by atoms with Crippen LogP contribution in [0.3, 0.4) is 0 Å². The smallest absolute Gasteiger partial charge is 0.317 e. The van der Waals surface area contributed by atoms with E-state index in [1.807, 2.05) is 43.0 Å². The number of anilines is 1. The standard InChI is InChI=1S/C19H25N5O2/c1-14(2)24-13-16(11-18(24)25)21-19(26)23-9-7-22(8-10-23)17-6-4-3-5-15(17)12-20/h3-6,14,16H,7-11,13H2,1-2H3,(H,21,26). The van der Waals surface area contributed by atoms with Crippen LogP contribution in [0.2, 0.25) is 0 Å². The van der Waals surface area contributed by atoms with Gasteiger partial charge in [-0.3, -0.25) is 4.79 Å². The lowest BCUT2D eigenvalue weighted by atomic mass is 10.1. The number of nitrogens with zero attached hydrogens (tertiary/aromatic N) is 4. The van der Waals surface area contributed by atoms with Crippen molar-refractivity contribution in [1.82, 2.24) is 15.1 Å². The highest BCUT2D eigenvalue weighted by Crippen LogP contribution is 2.21. The van der Waals surface area contributed by atoms with E-state index in [1.54, 1.807) is 4.90 Å². The summed E-state index contributed by atoms with van der Waals surface area (Å²) < 4.78 is 0. The van der Waals surface area contributed by atoms with Crippen molar-refractivity contribution in [3.05, 3.63) is 29.8 Å². The minimum atomic E-state index is -0.116.